The minimum absolute atomic E-state index is 0.0421. The number of Topliss-reactive ketones (excluding diaryl/α,β-unsaturated/α-hetero) is 1. The molecule has 0 aromatic rings. The molecule has 0 aromatic carbocycles. The van der Waals surface area contributed by atoms with Crippen molar-refractivity contribution < 1.29 is 4.79 Å². The third-order valence-electron chi connectivity index (χ3n) is 3.62. The van der Waals surface area contributed by atoms with Crippen molar-refractivity contribution in [2.75, 3.05) is 0 Å². The summed E-state index contributed by atoms with van der Waals surface area (Å²) in [5, 5.41) is 0. The first-order valence-electron chi connectivity index (χ1n) is 7.74. The monoisotopic (exact) mass is 276 g/mol. The maximum Gasteiger partial charge on any atom is 0.184 e. The van der Waals surface area contributed by atoms with Crippen molar-refractivity contribution in [2.24, 2.45) is 16.2 Å². The molecule has 20 heavy (non-hydrogen) atoms. The molecule has 1 fully saturated rings. The standard InChI is InChI=1S/C19H32O/c1-17(2,3)12-13-10-11-14(15(13)20)16(18(4,5)6)19(7,8)9/h12H,10-11H2,1-9H3/b13-12+. The molecule has 1 rings (SSSR count). The molecule has 0 amide bonds. The molecule has 0 aromatic heterocycles. The Bertz CT molecular complexity index is 437. The molecule has 0 N–H and O–H groups in total. The molecule has 0 unspecified atom stereocenters. The molecule has 1 aliphatic carbocycles. The second-order valence-electron chi connectivity index (χ2n) is 9.22. The average Bonchev–Trinajstić information content (AvgIpc) is 2.43. The van der Waals surface area contributed by atoms with Gasteiger partial charge in [0, 0.05) is 5.57 Å². The molecule has 114 valence electrons. The van der Waals surface area contributed by atoms with Gasteiger partial charge in [-0.1, -0.05) is 74.0 Å². The fourth-order valence-corrected chi connectivity index (χ4v) is 3.61. The Labute approximate surface area is 125 Å². The van der Waals surface area contributed by atoms with Gasteiger partial charge in [-0.05, 0) is 34.7 Å². The van der Waals surface area contributed by atoms with Crippen molar-refractivity contribution in [3.63, 3.8) is 0 Å². The topological polar surface area (TPSA) is 17.1 Å². The van der Waals surface area contributed by atoms with Gasteiger partial charge in [-0.2, -0.15) is 0 Å². The molecule has 0 aliphatic heterocycles. The van der Waals surface area contributed by atoms with Crippen LogP contribution in [0.3, 0.4) is 0 Å². The quantitative estimate of drug-likeness (QED) is 0.518. The number of carbonyl (C=O) groups is 1. The first-order chi connectivity index (χ1) is 8.73. The van der Waals surface area contributed by atoms with Crippen molar-refractivity contribution in [3.05, 3.63) is 22.8 Å². The van der Waals surface area contributed by atoms with E-state index in [1.807, 2.05) is 0 Å². The zero-order valence-corrected chi connectivity index (χ0v) is 14.9. The number of hydrogen-bond donors (Lipinski definition) is 0. The van der Waals surface area contributed by atoms with Crippen molar-refractivity contribution >= 4 is 5.78 Å². The van der Waals surface area contributed by atoms with Gasteiger partial charge in [-0.25, -0.2) is 0 Å². The molecular formula is C19H32O. The lowest BCUT2D eigenvalue weighted by molar-refractivity contribution is -0.111. The largest absolute Gasteiger partial charge is 0.289 e. The maximum absolute atomic E-state index is 12.8. The van der Waals surface area contributed by atoms with Crippen LogP contribution in [0.1, 0.15) is 75.2 Å². The van der Waals surface area contributed by atoms with Crippen LogP contribution in [0.15, 0.2) is 22.8 Å². The highest BCUT2D eigenvalue weighted by Gasteiger charge is 2.36. The Hall–Kier alpha value is -0.850. The van der Waals surface area contributed by atoms with Crippen LogP contribution < -0.4 is 0 Å². The summed E-state index contributed by atoms with van der Waals surface area (Å²) >= 11 is 0. The second-order valence-corrected chi connectivity index (χ2v) is 9.22. The number of rotatable bonds is 0. The normalized spacial score (nSPS) is 19.9. The smallest absolute Gasteiger partial charge is 0.184 e. The molecule has 1 aliphatic rings. The second kappa shape index (κ2) is 5.16. The Balaban J connectivity index is 3.36. The highest BCUT2D eigenvalue weighted by molar-refractivity contribution is 6.11. The van der Waals surface area contributed by atoms with E-state index in [1.165, 1.54) is 5.57 Å². The van der Waals surface area contributed by atoms with E-state index in [0.29, 0.717) is 5.78 Å². The number of hydrogen-bond acceptors (Lipinski definition) is 1. The predicted molar refractivity (Wildman–Crippen MR) is 87.7 cm³/mol. The summed E-state index contributed by atoms with van der Waals surface area (Å²) in [4.78, 5) is 12.8. The van der Waals surface area contributed by atoms with Gasteiger partial charge < -0.3 is 0 Å². The van der Waals surface area contributed by atoms with Crippen LogP contribution >= 0.6 is 0 Å². The zero-order chi connectivity index (χ0) is 15.9. The van der Waals surface area contributed by atoms with Crippen LogP contribution in [0, 0.1) is 16.2 Å². The van der Waals surface area contributed by atoms with Crippen LogP contribution in [0.4, 0.5) is 0 Å². The molecule has 0 bridgehead atoms. The first-order valence-corrected chi connectivity index (χ1v) is 7.74. The van der Waals surface area contributed by atoms with E-state index in [-0.39, 0.29) is 16.2 Å². The minimum Gasteiger partial charge on any atom is -0.289 e. The minimum atomic E-state index is 0.0421. The van der Waals surface area contributed by atoms with Crippen LogP contribution in [0.2, 0.25) is 0 Å². The highest BCUT2D eigenvalue weighted by Crippen LogP contribution is 2.45. The molecule has 1 heteroatoms. The van der Waals surface area contributed by atoms with E-state index in [9.17, 15) is 4.79 Å². The van der Waals surface area contributed by atoms with Crippen LogP contribution in [0.5, 0.6) is 0 Å². The Kier molecular flexibility index (Phi) is 4.44. The summed E-state index contributed by atoms with van der Waals surface area (Å²) in [6, 6.07) is 0. The predicted octanol–water partition coefficient (Wildman–Crippen LogP) is 5.71. The van der Waals surface area contributed by atoms with Gasteiger partial charge in [0.2, 0.25) is 0 Å². The number of ketones is 1. The van der Waals surface area contributed by atoms with Gasteiger partial charge >= 0.3 is 0 Å². The lowest BCUT2D eigenvalue weighted by atomic mass is 9.69. The summed E-state index contributed by atoms with van der Waals surface area (Å²) in [6.45, 7) is 19.8. The molecule has 0 heterocycles. The third kappa shape index (κ3) is 4.07. The van der Waals surface area contributed by atoms with Crippen molar-refractivity contribution in [3.8, 4) is 0 Å². The molecule has 0 spiro atoms. The Morgan fingerprint density at radius 3 is 1.65 bits per heavy atom. The van der Waals surface area contributed by atoms with E-state index in [4.69, 9.17) is 0 Å². The fourth-order valence-electron chi connectivity index (χ4n) is 3.61. The molecule has 0 saturated heterocycles. The number of allylic oxidation sites excluding steroid dienone is 4. The first kappa shape index (κ1) is 17.2. The molecule has 0 atom stereocenters. The van der Waals surface area contributed by atoms with Gasteiger partial charge in [-0.3, -0.25) is 4.79 Å². The van der Waals surface area contributed by atoms with Crippen LogP contribution in [-0.2, 0) is 4.79 Å². The maximum atomic E-state index is 12.8. The van der Waals surface area contributed by atoms with Crippen LogP contribution in [-0.4, -0.2) is 5.78 Å². The third-order valence-corrected chi connectivity index (χ3v) is 3.62. The van der Waals surface area contributed by atoms with Gasteiger partial charge in [0.1, 0.15) is 0 Å². The lowest BCUT2D eigenvalue weighted by Gasteiger charge is -2.35. The van der Waals surface area contributed by atoms with E-state index in [2.05, 4.69) is 68.4 Å². The van der Waals surface area contributed by atoms with E-state index < -0.39 is 0 Å². The van der Waals surface area contributed by atoms with E-state index in [0.717, 1.165) is 24.0 Å². The molecule has 0 radical (unpaired) electrons. The summed E-state index contributed by atoms with van der Waals surface area (Å²) in [7, 11) is 0. The molecular weight excluding hydrogens is 244 g/mol. The molecule has 1 saturated carbocycles. The van der Waals surface area contributed by atoms with Gasteiger partial charge in [0.25, 0.3) is 0 Å². The summed E-state index contributed by atoms with van der Waals surface area (Å²) < 4.78 is 0. The van der Waals surface area contributed by atoms with E-state index in [1.54, 1.807) is 0 Å². The van der Waals surface area contributed by atoms with Gasteiger partial charge in [-0.15, -0.1) is 0 Å². The highest BCUT2D eigenvalue weighted by atomic mass is 16.1. The Morgan fingerprint density at radius 1 is 0.850 bits per heavy atom. The summed E-state index contributed by atoms with van der Waals surface area (Å²) in [6.07, 6.45) is 3.97. The summed E-state index contributed by atoms with van der Waals surface area (Å²) in [5.41, 5.74) is 3.57. The van der Waals surface area contributed by atoms with Crippen LogP contribution in [0.25, 0.3) is 0 Å². The van der Waals surface area contributed by atoms with E-state index >= 15 is 0 Å². The van der Waals surface area contributed by atoms with Crippen molar-refractivity contribution in [1.29, 1.82) is 0 Å². The SMILES string of the molecule is CC(C)(C)/C=C1\CCC(=C(C(C)(C)C)C(C)(C)C)C1=O. The zero-order valence-electron chi connectivity index (χ0n) is 14.9. The fraction of sp³-hybridized carbons (Fsp3) is 0.737. The van der Waals surface area contributed by atoms with Crippen molar-refractivity contribution in [2.45, 2.75) is 75.2 Å². The summed E-state index contributed by atoms with van der Waals surface area (Å²) in [5.74, 6) is 0.291. The Morgan fingerprint density at radius 2 is 1.30 bits per heavy atom. The van der Waals surface area contributed by atoms with Gasteiger partial charge in [0.05, 0.1) is 0 Å². The van der Waals surface area contributed by atoms with Gasteiger partial charge in [0.15, 0.2) is 5.78 Å². The van der Waals surface area contributed by atoms with Crippen molar-refractivity contribution in [1.82, 2.24) is 0 Å². The number of carbonyl (C=O) groups excluding carboxylic acids is 1. The lowest BCUT2D eigenvalue weighted by Crippen LogP contribution is -2.25. The average molecular weight is 276 g/mol. The molecule has 1 nitrogen and oxygen atoms in total.